The van der Waals surface area contributed by atoms with E-state index in [-0.39, 0.29) is 17.5 Å². The number of amides is 1. The molecular formula is C21H23NO5. The Hall–Kier alpha value is -3.15. The molecule has 0 aromatic heterocycles. The third-order valence-electron chi connectivity index (χ3n) is 3.61. The first-order valence-corrected chi connectivity index (χ1v) is 8.51. The molecule has 6 heteroatoms. The van der Waals surface area contributed by atoms with Gasteiger partial charge in [-0.05, 0) is 63.1 Å². The Kier molecular flexibility index (Phi) is 6.00. The SMILES string of the molecule is Cc1cc(C(=O)O)cc(C(=O)Nc2ccccc2CC(=O)OC(C)(C)C)c1. The van der Waals surface area contributed by atoms with Gasteiger partial charge in [0.05, 0.1) is 12.0 Å². The molecule has 2 N–H and O–H groups in total. The van der Waals surface area contributed by atoms with Gasteiger partial charge in [0, 0.05) is 11.3 Å². The van der Waals surface area contributed by atoms with E-state index in [2.05, 4.69) is 5.32 Å². The number of esters is 1. The number of aromatic carboxylic acids is 1. The lowest BCUT2D eigenvalue weighted by atomic mass is 10.0. The van der Waals surface area contributed by atoms with Crippen LogP contribution in [0.1, 0.15) is 52.6 Å². The second kappa shape index (κ2) is 8.03. The molecule has 0 bridgehead atoms. The summed E-state index contributed by atoms with van der Waals surface area (Å²) in [6.45, 7) is 7.09. The summed E-state index contributed by atoms with van der Waals surface area (Å²) in [6, 6.07) is 11.4. The highest BCUT2D eigenvalue weighted by molar-refractivity contribution is 6.06. The highest BCUT2D eigenvalue weighted by Gasteiger charge is 2.18. The number of aryl methyl sites for hydroxylation is 1. The fourth-order valence-electron chi connectivity index (χ4n) is 2.56. The van der Waals surface area contributed by atoms with Crippen LogP contribution in [0.25, 0.3) is 0 Å². The van der Waals surface area contributed by atoms with Gasteiger partial charge in [-0.2, -0.15) is 0 Å². The van der Waals surface area contributed by atoms with Gasteiger partial charge in [0.15, 0.2) is 0 Å². The van der Waals surface area contributed by atoms with Crippen LogP contribution in [0.3, 0.4) is 0 Å². The molecule has 0 radical (unpaired) electrons. The largest absolute Gasteiger partial charge is 0.478 e. The minimum Gasteiger partial charge on any atom is -0.478 e. The van der Waals surface area contributed by atoms with Gasteiger partial charge in [-0.25, -0.2) is 4.79 Å². The van der Waals surface area contributed by atoms with E-state index in [0.717, 1.165) is 0 Å². The second-order valence-corrected chi connectivity index (χ2v) is 7.27. The number of carbonyl (C=O) groups excluding carboxylic acids is 2. The van der Waals surface area contributed by atoms with Crippen molar-refractivity contribution < 1.29 is 24.2 Å². The van der Waals surface area contributed by atoms with Gasteiger partial charge in [0.25, 0.3) is 5.91 Å². The summed E-state index contributed by atoms with van der Waals surface area (Å²) in [7, 11) is 0. The van der Waals surface area contributed by atoms with Crippen LogP contribution in [0.4, 0.5) is 5.69 Å². The summed E-state index contributed by atoms with van der Waals surface area (Å²) in [4.78, 5) is 35.9. The van der Waals surface area contributed by atoms with Crippen molar-refractivity contribution >= 4 is 23.5 Å². The number of hydrogen-bond acceptors (Lipinski definition) is 4. The van der Waals surface area contributed by atoms with E-state index in [1.54, 1.807) is 58.0 Å². The van der Waals surface area contributed by atoms with Crippen molar-refractivity contribution in [1.82, 2.24) is 0 Å². The predicted octanol–water partition coefficient (Wildman–Crippen LogP) is 3.83. The van der Waals surface area contributed by atoms with Gasteiger partial charge in [0.2, 0.25) is 0 Å². The highest BCUT2D eigenvalue weighted by Crippen LogP contribution is 2.19. The molecule has 142 valence electrons. The van der Waals surface area contributed by atoms with Crippen LogP contribution in [0, 0.1) is 6.92 Å². The number of nitrogens with one attached hydrogen (secondary N) is 1. The van der Waals surface area contributed by atoms with Gasteiger partial charge in [0.1, 0.15) is 5.60 Å². The van der Waals surface area contributed by atoms with E-state index in [1.165, 1.54) is 12.1 Å². The molecule has 0 unspecified atom stereocenters. The minimum absolute atomic E-state index is 0.0158. The van der Waals surface area contributed by atoms with E-state index in [4.69, 9.17) is 9.84 Å². The molecule has 2 aromatic carbocycles. The molecule has 0 spiro atoms. The van der Waals surface area contributed by atoms with E-state index in [0.29, 0.717) is 16.8 Å². The molecule has 1 amide bonds. The summed E-state index contributed by atoms with van der Waals surface area (Å²) in [5.74, 6) is -1.94. The summed E-state index contributed by atoms with van der Waals surface area (Å²) < 4.78 is 5.33. The van der Waals surface area contributed by atoms with Gasteiger partial charge in [-0.1, -0.05) is 18.2 Å². The topological polar surface area (TPSA) is 92.7 Å². The van der Waals surface area contributed by atoms with Crippen LogP contribution in [0.15, 0.2) is 42.5 Å². The number of hydrogen-bond donors (Lipinski definition) is 2. The summed E-state index contributed by atoms with van der Waals surface area (Å²) >= 11 is 0. The van der Waals surface area contributed by atoms with Crippen molar-refractivity contribution in [2.75, 3.05) is 5.32 Å². The number of carbonyl (C=O) groups is 3. The quantitative estimate of drug-likeness (QED) is 0.782. The molecule has 0 aliphatic heterocycles. The Bertz CT molecular complexity index is 880. The number of carboxylic acid groups (broad SMARTS) is 1. The summed E-state index contributed by atoms with van der Waals surface area (Å²) in [5.41, 5.74) is 1.45. The van der Waals surface area contributed by atoms with E-state index < -0.39 is 23.4 Å². The first kappa shape index (κ1) is 20.2. The maximum Gasteiger partial charge on any atom is 0.335 e. The Morgan fingerprint density at radius 1 is 1.04 bits per heavy atom. The van der Waals surface area contributed by atoms with Crippen LogP contribution in [0.2, 0.25) is 0 Å². The number of benzene rings is 2. The van der Waals surface area contributed by atoms with Crippen LogP contribution in [-0.4, -0.2) is 28.6 Å². The van der Waals surface area contributed by atoms with Gasteiger partial charge >= 0.3 is 11.9 Å². The average Bonchev–Trinajstić information content (AvgIpc) is 2.54. The first-order chi connectivity index (χ1) is 12.5. The van der Waals surface area contributed by atoms with Crippen molar-refractivity contribution in [2.45, 2.75) is 39.7 Å². The summed E-state index contributed by atoms with van der Waals surface area (Å²) in [5, 5.41) is 11.9. The fraction of sp³-hybridized carbons (Fsp3) is 0.286. The fourth-order valence-corrected chi connectivity index (χ4v) is 2.56. The Morgan fingerprint density at radius 3 is 2.30 bits per heavy atom. The summed E-state index contributed by atoms with van der Waals surface area (Å²) in [6.07, 6.45) is 0.0158. The van der Waals surface area contributed by atoms with Crippen LogP contribution in [0.5, 0.6) is 0 Å². The van der Waals surface area contributed by atoms with Gasteiger partial charge < -0.3 is 15.2 Å². The Balaban J connectivity index is 2.22. The lowest BCUT2D eigenvalue weighted by Crippen LogP contribution is -2.25. The second-order valence-electron chi connectivity index (χ2n) is 7.27. The highest BCUT2D eigenvalue weighted by atomic mass is 16.6. The average molecular weight is 369 g/mol. The van der Waals surface area contributed by atoms with Gasteiger partial charge in [-0.15, -0.1) is 0 Å². The molecule has 6 nitrogen and oxygen atoms in total. The molecule has 0 saturated carbocycles. The van der Waals surface area contributed by atoms with Crippen LogP contribution < -0.4 is 5.32 Å². The molecule has 0 aliphatic rings. The van der Waals surface area contributed by atoms with Crippen molar-refractivity contribution in [2.24, 2.45) is 0 Å². The first-order valence-electron chi connectivity index (χ1n) is 8.51. The Morgan fingerprint density at radius 2 is 1.67 bits per heavy atom. The van der Waals surface area contributed by atoms with E-state index in [1.807, 2.05) is 0 Å². The number of anilines is 1. The minimum atomic E-state index is -1.10. The molecule has 27 heavy (non-hydrogen) atoms. The standard InChI is InChI=1S/C21H23NO5/c1-13-9-15(11-16(10-13)20(25)26)19(24)22-17-8-6-5-7-14(17)12-18(23)27-21(2,3)4/h5-11H,12H2,1-4H3,(H,22,24)(H,25,26). The third-order valence-corrected chi connectivity index (χ3v) is 3.61. The molecule has 0 fully saturated rings. The van der Waals surface area contributed by atoms with Crippen molar-refractivity contribution in [1.29, 1.82) is 0 Å². The number of rotatable bonds is 5. The maximum absolute atomic E-state index is 12.6. The van der Waals surface area contributed by atoms with Crippen LogP contribution >= 0.6 is 0 Å². The lowest BCUT2D eigenvalue weighted by Gasteiger charge is -2.20. The van der Waals surface area contributed by atoms with Crippen molar-refractivity contribution in [3.05, 3.63) is 64.7 Å². The molecule has 0 atom stereocenters. The van der Waals surface area contributed by atoms with Crippen molar-refractivity contribution in [3.8, 4) is 0 Å². The van der Waals surface area contributed by atoms with Gasteiger partial charge in [-0.3, -0.25) is 9.59 Å². The molecule has 0 heterocycles. The van der Waals surface area contributed by atoms with Crippen LogP contribution in [-0.2, 0) is 16.0 Å². The molecular weight excluding hydrogens is 346 g/mol. The molecule has 2 rings (SSSR count). The zero-order chi connectivity index (χ0) is 20.2. The molecule has 0 aliphatic carbocycles. The smallest absolute Gasteiger partial charge is 0.335 e. The molecule has 0 saturated heterocycles. The van der Waals surface area contributed by atoms with Crippen molar-refractivity contribution in [3.63, 3.8) is 0 Å². The van der Waals surface area contributed by atoms with E-state index in [9.17, 15) is 14.4 Å². The Labute approximate surface area is 158 Å². The predicted molar refractivity (Wildman–Crippen MR) is 102 cm³/mol. The third kappa shape index (κ3) is 5.95. The normalized spacial score (nSPS) is 11.0. The monoisotopic (exact) mass is 369 g/mol. The zero-order valence-electron chi connectivity index (χ0n) is 15.8. The zero-order valence-corrected chi connectivity index (χ0v) is 15.8. The maximum atomic E-state index is 12.6. The van der Waals surface area contributed by atoms with E-state index >= 15 is 0 Å². The lowest BCUT2D eigenvalue weighted by molar-refractivity contribution is -0.153. The number of ether oxygens (including phenoxy) is 1. The molecule has 2 aromatic rings. The number of para-hydroxylation sites is 1. The number of carboxylic acids is 1.